The van der Waals surface area contributed by atoms with Gasteiger partial charge in [-0.3, -0.25) is 0 Å². The van der Waals surface area contributed by atoms with E-state index in [0.29, 0.717) is 25.9 Å². The number of rotatable bonds is 9. The molecule has 1 aromatic rings. The summed E-state index contributed by atoms with van der Waals surface area (Å²) in [5, 5.41) is 4.37. The summed E-state index contributed by atoms with van der Waals surface area (Å²) in [6, 6.07) is 0. The molecule has 0 unspecified atom stereocenters. The van der Waals surface area contributed by atoms with Gasteiger partial charge in [-0.25, -0.2) is 4.98 Å². The molecule has 3 rings (SSSR count). The Bertz CT molecular complexity index is 638. The van der Waals surface area contributed by atoms with E-state index in [2.05, 4.69) is 25.8 Å². The van der Waals surface area contributed by atoms with Crippen molar-refractivity contribution in [3.8, 4) is 0 Å². The largest absolute Gasteiger partial charge is 0.382 e. The van der Waals surface area contributed by atoms with Crippen LogP contribution in [-0.2, 0) is 16.2 Å². The number of nitrogens with zero attached hydrogens (tertiary/aromatic N) is 3. The van der Waals surface area contributed by atoms with Crippen LogP contribution in [0.3, 0.4) is 0 Å². The zero-order valence-corrected chi connectivity index (χ0v) is 17.9. The summed E-state index contributed by atoms with van der Waals surface area (Å²) >= 11 is 5.63. The monoisotopic (exact) mass is 406 g/mol. The van der Waals surface area contributed by atoms with Gasteiger partial charge >= 0.3 is 0 Å². The van der Waals surface area contributed by atoms with E-state index in [0.717, 1.165) is 49.8 Å². The molecule has 2 aliphatic rings. The van der Waals surface area contributed by atoms with Crippen molar-refractivity contribution < 1.29 is 9.47 Å². The van der Waals surface area contributed by atoms with Gasteiger partial charge in [-0.2, -0.15) is 0 Å². The summed E-state index contributed by atoms with van der Waals surface area (Å²) in [6.07, 6.45) is 14.8. The predicted molar refractivity (Wildman–Crippen MR) is 115 cm³/mol. The highest BCUT2D eigenvalue weighted by atomic mass is 32.1. The Morgan fingerprint density at radius 3 is 2.89 bits per heavy atom. The highest BCUT2D eigenvalue weighted by Gasteiger charge is 2.25. The predicted octanol–water partition coefficient (Wildman–Crippen LogP) is 3.45. The molecule has 1 saturated heterocycles. The van der Waals surface area contributed by atoms with E-state index in [1.54, 1.807) is 12.7 Å². The van der Waals surface area contributed by atoms with Crippen LogP contribution in [0.25, 0.3) is 0 Å². The zero-order valence-electron chi connectivity index (χ0n) is 17.1. The number of methoxy groups -OCH3 is 1. The Morgan fingerprint density at radius 1 is 1.29 bits per heavy atom. The van der Waals surface area contributed by atoms with Gasteiger partial charge in [-0.15, -0.1) is 0 Å². The smallest absolute Gasteiger partial charge is 0.168 e. The van der Waals surface area contributed by atoms with Crippen LogP contribution in [-0.4, -0.2) is 59.5 Å². The van der Waals surface area contributed by atoms with Crippen molar-refractivity contribution in [1.82, 2.24) is 19.8 Å². The number of hydrogen-bond acceptors (Lipinski definition) is 4. The minimum atomic E-state index is 0.465. The van der Waals surface area contributed by atoms with E-state index in [-0.39, 0.29) is 0 Å². The summed E-state index contributed by atoms with van der Waals surface area (Å²) < 4.78 is 12.8. The van der Waals surface area contributed by atoms with Crippen LogP contribution in [0.15, 0.2) is 24.0 Å². The first-order valence-corrected chi connectivity index (χ1v) is 11.0. The molecule has 7 heteroatoms. The molecule has 0 spiro atoms. The molecule has 1 fully saturated rings. The van der Waals surface area contributed by atoms with Crippen molar-refractivity contribution in [2.75, 3.05) is 40.0 Å². The number of nitrogens with one attached hydrogen (secondary N) is 1. The Kier molecular flexibility index (Phi) is 8.76. The van der Waals surface area contributed by atoms with Gasteiger partial charge in [0.1, 0.15) is 12.6 Å². The number of imidazole rings is 1. The quantitative estimate of drug-likeness (QED) is 0.385. The van der Waals surface area contributed by atoms with Crippen LogP contribution in [0.2, 0.25) is 0 Å². The van der Waals surface area contributed by atoms with Crippen molar-refractivity contribution in [3.63, 3.8) is 0 Å². The highest BCUT2D eigenvalue weighted by Crippen LogP contribution is 2.27. The van der Waals surface area contributed by atoms with E-state index in [9.17, 15) is 0 Å². The van der Waals surface area contributed by atoms with E-state index in [1.807, 2.05) is 12.4 Å². The number of allylic oxidation sites excluding steroid dienone is 1. The maximum atomic E-state index is 5.66. The maximum Gasteiger partial charge on any atom is 0.168 e. The van der Waals surface area contributed by atoms with Crippen molar-refractivity contribution >= 4 is 17.3 Å². The maximum absolute atomic E-state index is 5.66. The van der Waals surface area contributed by atoms with Crippen molar-refractivity contribution in [2.45, 2.75) is 57.6 Å². The van der Waals surface area contributed by atoms with Crippen molar-refractivity contribution in [1.29, 1.82) is 0 Å². The van der Waals surface area contributed by atoms with Crippen LogP contribution in [0, 0.1) is 0 Å². The molecule has 0 amide bonds. The summed E-state index contributed by atoms with van der Waals surface area (Å²) in [6.45, 7) is 4.67. The van der Waals surface area contributed by atoms with Gasteiger partial charge in [-0.1, -0.05) is 11.6 Å². The molecule has 0 saturated carbocycles. The van der Waals surface area contributed by atoms with Crippen molar-refractivity contribution in [2.24, 2.45) is 0 Å². The number of piperidine rings is 1. The highest BCUT2D eigenvalue weighted by molar-refractivity contribution is 7.80. The lowest BCUT2D eigenvalue weighted by molar-refractivity contribution is 0.0321. The lowest BCUT2D eigenvalue weighted by atomic mass is 9.96. The summed E-state index contributed by atoms with van der Waals surface area (Å²) in [4.78, 5) is 6.90. The summed E-state index contributed by atoms with van der Waals surface area (Å²) in [5.74, 6) is 1.59. The molecule has 0 radical (unpaired) electrons. The molecule has 1 aliphatic carbocycles. The third kappa shape index (κ3) is 6.29. The first kappa shape index (κ1) is 21.3. The first-order chi connectivity index (χ1) is 13.8. The molecule has 28 heavy (non-hydrogen) atoms. The Morgan fingerprint density at radius 2 is 2.14 bits per heavy atom. The number of ether oxygens (including phenoxy) is 2. The van der Waals surface area contributed by atoms with E-state index >= 15 is 0 Å². The van der Waals surface area contributed by atoms with Crippen LogP contribution in [0.4, 0.5) is 0 Å². The van der Waals surface area contributed by atoms with Crippen LogP contribution in [0.5, 0.6) is 0 Å². The van der Waals surface area contributed by atoms with Crippen molar-refractivity contribution in [3.05, 3.63) is 29.9 Å². The average molecular weight is 407 g/mol. The number of hydrogen-bond donors (Lipinski definition) is 1. The molecule has 0 bridgehead atoms. The van der Waals surface area contributed by atoms with Gasteiger partial charge in [0.15, 0.2) is 5.11 Å². The van der Waals surface area contributed by atoms with Gasteiger partial charge < -0.3 is 24.3 Å². The SMILES string of the molecule is COCCOCn1ccnc1C1CCN(C(=S)NCCC2=CCCCC2)CC1. The molecular weight excluding hydrogens is 372 g/mol. The average Bonchev–Trinajstić information content (AvgIpc) is 3.20. The fourth-order valence-electron chi connectivity index (χ4n) is 4.01. The van der Waals surface area contributed by atoms with Gasteiger partial charge in [0.05, 0.1) is 13.2 Å². The molecule has 6 nitrogen and oxygen atoms in total. The molecule has 0 aromatic carbocycles. The van der Waals surface area contributed by atoms with E-state index in [4.69, 9.17) is 21.7 Å². The third-order valence-electron chi connectivity index (χ3n) is 5.66. The molecule has 1 aliphatic heterocycles. The first-order valence-electron chi connectivity index (χ1n) is 10.6. The lowest BCUT2D eigenvalue weighted by Gasteiger charge is -2.33. The molecular formula is C21H34N4O2S. The molecule has 1 aromatic heterocycles. The Labute approximate surface area is 174 Å². The molecule has 0 atom stereocenters. The number of aromatic nitrogens is 2. The lowest BCUT2D eigenvalue weighted by Crippen LogP contribution is -2.44. The van der Waals surface area contributed by atoms with Gasteiger partial charge in [0.25, 0.3) is 0 Å². The second-order valence-electron chi connectivity index (χ2n) is 7.64. The van der Waals surface area contributed by atoms with Crippen LogP contribution >= 0.6 is 12.2 Å². The molecule has 1 N–H and O–H groups in total. The number of thiocarbonyl (C=S) groups is 1. The normalized spacial score (nSPS) is 18.2. The van der Waals surface area contributed by atoms with Crippen LogP contribution in [0.1, 0.15) is 56.7 Å². The third-order valence-corrected chi connectivity index (χ3v) is 6.07. The fourth-order valence-corrected chi connectivity index (χ4v) is 4.29. The minimum Gasteiger partial charge on any atom is -0.382 e. The second-order valence-corrected chi connectivity index (χ2v) is 8.02. The summed E-state index contributed by atoms with van der Waals surface area (Å²) in [5.41, 5.74) is 1.60. The van der Waals surface area contributed by atoms with E-state index < -0.39 is 0 Å². The topological polar surface area (TPSA) is 51.6 Å². The second kappa shape index (κ2) is 11.5. The van der Waals surface area contributed by atoms with Gasteiger partial charge in [0, 0.05) is 45.1 Å². The van der Waals surface area contributed by atoms with Gasteiger partial charge in [0.2, 0.25) is 0 Å². The number of likely N-dealkylation sites (tertiary alicyclic amines) is 1. The Balaban J connectivity index is 1.38. The zero-order chi connectivity index (χ0) is 19.6. The van der Waals surface area contributed by atoms with E-state index in [1.165, 1.54) is 25.7 Å². The standard InChI is InChI=1S/C21H34N4O2S/c1-26-15-16-27-17-25-14-11-22-20(25)19-8-12-24(13-9-19)21(28)23-10-7-18-5-3-2-4-6-18/h5,11,14,19H,2-4,6-10,12-13,15-17H2,1H3,(H,23,28). The Hall–Kier alpha value is -1.44. The summed E-state index contributed by atoms with van der Waals surface area (Å²) in [7, 11) is 1.69. The fraction of sp³-hybridized carbons (Fsp3) is 0.714. The molecule has 2 heterocycles. The van der Waals surface area contributed by atoms with Gasteiger partial charge in [-0.05, 0) is 57.2 Å². The molecule has 156 valence electrons. The van der Waals surface area contributed by atoms with Crippen LogP contribution < -0.4 is 5.32 Å². The minimum absolute atomic E-state index is 0.465.